The summed E-state index contributed by atoms with van der Waals surface area (Å²) < 4.78 is 50.4. The van der Waals surface area contributed by atoms with Crippen LogP contribution in [0, 0.1) is 5.82 Å². The number of rotatable bonds is 5. The first kappa shape index (κ1) is 14.8. The lowest BCUT2D eigenvalue weighted by Crippen LogP contribution is -2.34. The van der Waals surface area contributed by atoms with Crippen molar-refractivity contribution in [3.05, 3.63) is 29.6 Å². The minimum Gasteiger partial charge on any atom is -0.363 e. The van der Waals surface area contributed by atoms with E-state index in [1.165, 1.54) is 17.0 Å². The van der Waals surface area contributed by atoms with E-state index in [0.717, 1.165) is 6.07 Å². The van der Waals surface area contributed by atoms with Gasteiger partial charge in [0.2, 0.25) is 0 Å². The van der Waals surface area contributed by atoms with E-state index in [1.54, 1.807) is 6.92 Å². The number of hydrogen-bond donors (Lipinski definition) is 1. The quantitative estimate of drug-likeness (QED) is 0.828. The molecule has 0 bridgehead atoms. The summed E-state index contributed by atoms with van der Waals surface area (Å²) in [7, 11) is 0. The molecule has 6 heteroatoms. The lowest BCUT2D eigenvalue weighted by molar-refractivity contribution is -0.119. The van der Waals surface area contributed by atoms with Crippen LogP contribution < -0.4 is 10.6 Å². The highest BCUT2D eigenvalue weighted by Gasteiger charge is 2.31. The number of nitrogens with two attached hydrogens (primary N) is 1. The van der Waals surface area contributed by atoms with Crippen molar-refractivity contribution in [3.8, 4) is 0 Å². The molecule has 0 aromatic heterocycles. The Labute approximate surface area is 103 Å². The Morgan fingerprint density at radius 2 is 1.94 bits per heavy atom. The molecule has 0 fully saturated rings. The predicted octanol–water partition coefficient (Wildman–Crippen LogP) is 2.72. The van der Waals surface area contributed by atoms with Gasteiger partial charge in [0, 0.05) is 12.2 Å². The lowest BCUT2D eigenvalue weighted by atomic mass is 10.1. The molecular formula is C12H16F4N2. The second kappa shape index (κ2) is 6.04. The maximum Gasteiger partial charge on any atom is 0.405 e. The van der Waals surface area contributed by atoms with E-state index in [-0.39, 0.29) is 13.1 Å². The van der Waals surface area contributed by atoms with Crippen LogP contribution in [0.3, 0.4) is 0 Å². The van der Waals surface area contributed by atoms with Crippen molar-refractivity contribution in [1.29, 1.82) is 0 Å². The Balaban J connectivity index is 3.04. The molecule has 0 saturated heterocycles. The Morgan fingerprint density at radius 3 is 2.44 bits per heavy atom. The van der Waals surface area contributed by atoms with Gasteiger partial charge in [0.25, 0.3) is 0 Å². The number of anilines is 1. The summed E-state index contributed by atoms with van der Waals surface area (Å²) in [4.78, 5) is 1.17. The Kier molecular flexibility index (Phi) is 4.95. The van der Waals surface area contributed by atoms with Crippen molar-refractivity contribution in [2.24, 2.45) is 5.73 Å². The molecule has 1 rings (SSSR count). The molecular weight excluding hydrogens is 248 g/mol. The second-order valence-corrected chi connectivity index (χ2v) is 3.94. The Hall–Kier alpha value is -1.30. The molecule has 0 radical (unpaired) electrons. The van der Waals surface area contributed by atoms with E-state index in [9.17, 15) is 17.6 Å². The van der Waals surface area contributed by atoms with Gasteiger partial charge in [0.15, 0.2) is 0 Å². The third-order valence-corrected chi connectivity index (χ3v) is 2.55. The highest BCUT2D eigenvalue weighted by atomic mass is 19.4. The summed E-state index contributed by atoms with van der Waals surface area (Å²) >= 11 is 0. The zero-order chi connectivity index (χ0) is 13.8. The number of benzene rings is 1. The third-order valence-electron chi connectivity index (χ3n) is 2.55. The maximum atomic E-state index is 13.1. The number of alkyl halides is 3. The molecule has 0 aliphatic carbocycles. The molecule has 2 N–H and O–H groups in total. The van der Waals surface area contributed by atoms with Gasteiger partial charge in [-0.15, -0.1) is 0 Å². The largest absolute Gasteiger partial charge is 0.405 e. The summed E-state index contributed by atoms with van der Waals surface area (Å²) in [6.45, 7) is 1.04. The van der Waals surface area contributed by atoms with E-state index in [4.69, 9.17) is 5.73 Å². The van der Waals surface area contributed by atoms with E-state index >= 15 is 0 Å². The normalized spacial score (nSPS) is 11.7. The van der Waals surface area contributed by atoms with Gasteiger partial charge in [-0.2, -0.15) is 13.2 Å². The highest BCUT2D eigenvalue weighted by molar-refractivity contribution is 5.54. The average molecular weight is 264 g/mol. The summed E-state index contributed by atoms with van der Waals surface area (Å²) in [5.41, 5.74) is 6.28. The van der Waals surface area contributed by atoms with Crippen molar-refractivity contribution in [2.75, 3.05) is 24.5 Å². The van der Waals surface area contributed by atoms with E-state index in [2.05, 4.69) is 0 Å². The van der Waals surface area contributed by atoms with Crippen LogP contribution in [0.25, 0.3) is 0 Å². The van der Waals surface area contributed by atoms with Crippen molar-refractivity contribution in [3.63, 3.8) is 0 Å². The van der Waals surface area contributed by atoms with E-state index in [0.29, 0.717) is 17.7 Å². The van der Waals surface area contributed by atoms with Gasteiger partial charge in [-0.3, -0.25) is 0 Å². The lowest BCUT2D eigenvalue weighted by Gasteiger charge is -2.26. The number of hydrogen-bond acceptors (Lipinski definition) is 2. The van der Waals surface area contributed by atoms with Crippen LogP contribution >= 0.6 is 0 Å². The molecule has 0 aliphatic heterocycles. The van der Waals surface area contributed by atoms with Crippen LogP contribution in [-0.2, 0) is 6.42 Å². The van der Waals surface area contributed by atoms with Crippen LogP contribution in [-0.4, -0.2) is 25.8 Å². The predicted molar refractivity (Wildman–Crippen MR) is 63.1 cm³/mol. The second-order valence-electron chi connectivity index (χ2n) is 3.94. The van der Waals surface area contributed by atoms with Gasteiger partial charge in [0.05, 0.1) is 0 Å². The van der Waals surface area contributed by atoms with Gasteiger partial charge in [-0.05, 0) is 43.7 Å². The first-order chi connectivity index (χ1) is 8.37. The molecule has 1 aromatic rings. The van der Waals surface area contributed by atoms with Gasteiger partial charge >= 0.3 is 6.18 Å². The first-order valence-corrected chi connectivity index (χ1v) is 5.67. The molecule has 0 unspecified atom stereocenters. The van der Waals surface area contributed by atoms with Gasteiger partial charge in [0.1, 0.15) is 12.4 Å². The van der Waals surface area contributed by atoms with Gasteiger partial charge in [-0.1, -0.05) is 0 Å². The first-order valence-electron chi connectivity index (χ1n) is 5.67. The van der Waals surface area contributed by atoms with Crippen molar-refractivity contribution < 1.29 is 17.6 Å². The zero-order valence-corrected chi connectivity index (χ0v) is 10.1. The minimum atomic E-state index is -4.29. The summed E-state index contributed by atoms with van der Waals surface area (Å²) in [6, 6.07) is 3.77. The van der Waals surface area contributed by atoms with E-state index < -0.39 is 18.5 Å². The van der Waals surface area contributed by atoms with Crippen LogP contribution in [0.15, 0.2) is 18.2 Å². The standard InChI is InChI=1S/C12H16F4N2/c1-2-18(8-12(14,15)16)11-4-3-10(13)7-9(11)5-6-17/h3-4,7H,2,5-6,8,17H2,1H3. The van der Waals surface area contributed by atoms with Crippen molar-refractivity contribution in [1.82, 2.24) is 0 Å². The molecule has 0 spiro atoms. The SMILES string of the molecule is CCN(CC(F)(F)F)c1ccc(F)cc1CCN. The van der Waals surface area contributed by atoms with Crippen molar-refractivity contribution >= 4 is 5.69 Å². The Morgan fingerprint density at radius 1 is 1.28 bits per heavy atom. The van der Waals surface area contributed by atoms with Crippen LogP contribution in [0.2, 0.25) is 0 Å². The molecule has 0 atom stereocenters. The van der Waals surface area contributed by atoms with Crippen LogP contribution in [0.5, 0.6) is 0 Å². The molecule has 0 amide bonds. The zero-order valence-electron chi connectivity index (χ0n) is 10.1. The fourth-order valence-electron chi connectivity index (χ4n) is 1.80. The topological polar surface area (TPSA) is 29.3 Å². The smallest absolute Gasteiger partial charge is 0.363 e. The van der Waals surface area contributed by atoms with Gasteiger partial charge in [-0.25, -0.2) is 4.39 Å². The monoisotopic (exact) mass is 264 g/mol. The average Bonchev–Trinajstić information content (AvgIpc) is 2.26. The van der Waals surface area contributed by atoms with Crippen LogP contribution in [0.4, 0.5) is 23.2 Å². The molecule has 0 heterocycles. The minimum absolute atomic E-state index is 0.197. The maximum absolute atomic E-state index is 13.1. The molecule has 2 nitrogen and oxygen atoms in total. The van der Waals surface area contributed by atoms with Gasteiger partial charge < -0.3 is 10.6 Å². The summed E-state index contributed by atoms with van der Waals surface area (Å²) in [5, 5.41) is 0. The third kappa shape index (κ3) is 4.18. The van der Waals surface area contributed by atoms with E-state index in [1.807, 2.05) is 0 Å². The molecule has 0 saturated carbocycles. The summed E-state index contributed by atoms with van der Waals surface area (Å²) in [6.07, 6.45) is -3.94. The molecule has 1 aromatic carbocycles. The highest BCUT2D eigenvalue weighted by Crippen LogP contribution is 2.26. The number of nitrogens with zero attached hydrogens (tertiary/aromatic N) is 1. The number of halogens is 4. The fourth-order valence-corrected chi connectivity index (χ4v) is 1.80. The molecule has 18 heavy (non-hydrogen) atoms. The molecule has 102 valence electrons. The fraction of sp³-hybridized carbons (Fsp3) is 0.500. The van der Waals surface area contributed by atoms with Crippen LogP contribution in [0.1, 0.15) is 12.5 Å². The summed E-state index contributed by atoms with van der Waals surface area (Å²) in [5.74, 6) is -0.467. The molecule has 0 aliphatic rings. The van der Waals surface area contributed by atoms with Crippen molar-refractivity contribution in [2.45, 2.75) is 19.5 Å². The Bertz CT molecular complexity index is 390.